The summed E-state index contributed by atoms with van der Waals surface area (Å²) in [4.78, 5) is 13.8. The van der Waals surface area contributed by atoms with Crippen LogP contribution in [-0.2, 0) is 13.0 Å². The van der Waals surface area contributed by atoms with Gasteiger partial charge in [-0.15, -0.1) is 12.4 Å². The molecule has 17 heavy (non-hydrogen) atoms. The summed E-state index contributed by atoms with van der Waals surface area (Å²) >= 11 is 0. The van der Waals surface area contributed by atoms with Gasteiger partial charge in [0.1, 0.15) is 0 Å². The molecule has 96 valence electrons. The monoisotopic (exact) mass is 258 g/mol. The summed E-state index contributed by atoms with van der Waals surface area (Å²) in [5, 5.41) is 10.4. The lowest BCUT2D eigenvalue weighted by Crippen LogP contribution is -2.30. The Labute approximate surface area is 107 Å². The molecular formula is C11H19ClN4O. The van der Waals surface area contributed by atoms with Crippen molar-refractivity contribution in [3.05, 3.63) is 17.0 Å². The van der Waals surface area contributed by atoms with Crippen molar-refractivity contribution in [2.75, 3.05) is 20.1 Å². The fourth-order valence-electron chi connectivity index (χ4n) is 2.02. The normalized spacial score (nSPS) is 13.8. The van der Waals surface area contributed by atoms with Crippen LogP contribution < -0.4 is 5.32 Å². The Kier molecular flexibility index (Phi) is 4.96. The van der Waals surface area contributed by atoms with Crippen molar-refractivity contribution in [1.82, 2.24) is 20.4 Å². The van der Waals surface area contributed by atoms with Gasteiger partial charge in [-0.2, -0.15) is 5.10 Å². The fourth-order valence-corrected chi connectivity index (χ4v) is 2.02. The zero-order valence-corrected chi connectivity index (χ0v) is 11.1. The van der Waals surface area contributed by atoms with Gasteiger partial charge in [-0.05, 0) is 6.42 Å². The maximum atomic E-state index is 12.1. The van der Waals surface area contributed by atoms with Gasteiger partial charge in [0.25, 0.3) is 5.91 Å². The van der Waals surface area contributed by atoms with Gasteiger partial charge in [0.15, 0.2) is 5.69 Å². The second-order valence-corrected chi connectivity index (χ2v) is 4.18. The van der Waals surface area contributed by atoms with Crippen LogP contribution in [0.3, 0.4) is 0 Å². The lowest BCUT2D eigenvalue weighted by atomic mass is 10.1. The number of halogens is 1. The molecule has 1 aromatic rings. The molecule has 0 saturated carbocycles. The van der Waals surface area contributed by atoms with E-state index in [0.717, 1.165) is 43.7 Å². The minimum Gasteiger partial charge on any atom is -0.340 e. The minimum atomic E-state index is 0. The van der Waals surface area contributed by atoms with E-state index in [-0.39, 0.29) is 18.3 Å². The third-order valence-corrected chi connectivity index (χ3v) is 2.91. The highest BCUT2D eigenvalue weighted by Gasteiger charge is 2.23. The molecule has 1 aromatic heterocycles. The maximum absolute atomic E-state index is 12.1. The molecule has 2 N–H and O–H groups in total. The van der Waals surface area contributed by atoms with Crippen LogP contribution in [0.2, 0.25) is 0 Å². The average molecular weight is 259 g/mol. The molecule has 0 spiro atoms. The fraction of sp³-hybridized carbons (Fsp3) is 0.636. The van der Waals surface area contributed by atoms with E-state index in [1.54, 1.807) is 4.90 Å². The molecule has 0 aromatic carbocycles. The number of amides is 1. The molecule has 1 aliphatic heterocycles. The van der Waals surface area contributed by atoms with E-state index in [2.05, 4.69) is 22.4 Å². The molecule has 0 fully saturated rings. The molecule has 2 rings (SSSR count). The first kappa shape index (κ1) is 14.0. The van der Waals surface area contributed by atoms with Crippen LogP contribution in [0.25, 0.3) is 0 Å². The van der Waals surface area contributed by atoms with Crippen molar-refractivity contribution >= 4 is 18.3 Å². The minimum absolute atomic E-state index is 0. The maximum Gasteiger partial charge on any atom is 0.274 e. The highest BCUT2D eigenvalue weighted by Crippen LogP contribution is 2.16. The zero-order chi connectivity index (χ0) is 11.5. The van der Waals surface area contributed by atoms with Gasteiger partial charge in [0.2, 0.25) is 0 Å². The molecule has 2 heterocycles. The number of nitrogens with zero attached hydrogens (tertiary/aromatic N) is 2. The van der Waals surface area contributed by atoms with Crippen LogP contribution in [0.4, 0.5) is 0 Å². The molecule has 0 aliphatic carbocycles. The van der Waals surface area contributed by atoms with E-state index in [0.29, 0.717) is 5.69 Å². The van der Waals surface area contributed by atoms with E-state index in [9.17, 15) is 4.79 Å². The first-order valence-electron chi connectivity index (χ1n) is 5.76. The smallest absolute Gasteiger partial charge is 0.274 e. The largest absolute Gasteiger partial charge is 0.340 e. The van der Waals surface area contributed by atoms with Crippen molar-refractivity contribution in [2.24, 2.45) is 0 Å². The number of carbonyl (C=O) groups excluding carboxylic acids is 1. The van der Waals surface area contributed by atoms with Crippen molar-refractivity contribution in [3.8, 4) is 0 Å². The number of aromatic nitrogens is 2. The highest BCUT2D eigenvalue weighted by molar-refractivity contribution is 5.93. The van der Waals surface area contributed by atoms with E-state index in [1.165, 1.54) is 0 Å². The Morgan fingerprint density at radius 1 is 1.53 bits per heavy atom. The summed E-state index contributed by atoms with van der Waals surface area (Å²) in [5.41, 5.74) is 2.73. The number of carbonyl (C=O) groups is 1. The molecule has 1 aliphatic rings. The molecule has 5 nitrogen and oxygen atoms in total. The Morgan fingerprint density at radius 3 is 3.00 bits per heavy atom. The molecule has 0 bridgehead atoms. The number of rotatable bonds is 3. The molecule has 0 unspecified atom stereocenters. The van der Waals surface area contributed by atoms with Crippen LogP contribution in [0.5, 0.6) is 0 Å². The SMILES string of the molecule is CCCN(C)C(=O)c1n[nH]c2c1CNCC2.Cl. The summed E-state index contributed by atoms with van der Waals surface area (Å²) in [7, 11) is 1.82. The van der Waals surface area contributed by atoms with Crippen LogP contribution in [0.15, 0.2) is 0 Å². The first-order valence-corrected chi connectivity index (χ1v) is 5.76. The Balaban J connectivity index is 0.00000144. The number of hydrogen-bond acceptors (Lipinski definition) is 3. The Hall–Kier alpha value is -1.07. The number of H-pyrrole nitrogens is 1. The summed E-state index contributed by atoms with van der Waals surface area (Å²) in [5.74, 6) is 0.0167. The molecule has 0 radical (unpaired) electrons. The topological polar surface area (TPSA) is 61.0 Å². The van der Waals surface area contributed by atoms with Gasteiger partial charge in [-0.1, -0.05) is 6.92 Å². The Morgan fingerprint density at radius 2 is 2.29 bits per heavy atom. The van der Waals surface area contributed by atoms with Gasteiger partial charge in [0, 0.05) is 44.4 Å². The standard InChI is InChI=1S/C11H18N4O.ClH/c1-3-6-15(2)11(16)10-8-7-12-5-4-9(8)13-14-10;/h12H,3-7H2,1-2H3,(H,13,14);1H. The van der Waals surface area contributed by atoms with Crippen LogP contribution in [0, 0.1) is 0 Å². The van der Waals surface area contributed by atoms with Gasteiger partial charge in [0.05, 0.1) is 0 Å². The molecule has 0 atom stereocenters. The van der Waals surface area contributed by atoms with Gasteiger partial charge in [-0.25, -0.2) is 0 Å². The predicted octanol–water partition coefficient (Wildman–Crippen LogP) is 0.959. The molecule has 1 amide bonds. The summed E-state index contributed by atoms with van der Waals surface area (Å²) in [6.45, 7) is 4.53. The van der Waals surface area contributed by atoms with Crippen LogP contribution >= 0.6 is 12.4 Å². The van der Waals surface area contributed by atoms with Gasteiger partial charge < -0.3 is 10.2 Å². The molecule has 0 saturated heterocycles. The summed E-state index contributed by atoms with van der Waals surface area (Å²) in [6.07, 6.45) is 1.89. The number of fused-ring (bicyclic) bond motifs is 1. The van der Waals surface area contributed by atoms with E-state index in [4.69, 9.17) is 0 Å². The second kappa shape index (κ2) is 6.02. The van der Waals surface area contributed by atoms with Crippen molar-refractivity contribution < 1.29 is 4.79 Å². The molecule has 6 heteroatoms. The van der Waals surface area contributed by atoms with Crippen molar-refractivity contribution in [1.29, 1.82) is 0 Å². The number of aromatic amines is 1. The Bertz CT molecular complexity index is 391. The van der Waals surface area contributed by atoms with Gasteiger partial charge >= 0.3 is 0 Å². The third kappa shape index (κ3) is 2.79. The molecular weight excluding hydrogens is 240 g/mol. The highest BCUT2D eigenvalue weighted by atomic mass is 35.5. The van der Waals surface area contributed by atoms with Crippen molar-refractivity contribution in [2.45, 2.75) is 26.3 Å². The van der Waals surface area contributed by atoms with E-state index in [1.807, 2.05) is 7.05 Å². The average Bonchev–Trinajstić information content (AvgIpc) is 2.72. The van der Waals surface area contributed by atoms with Crippen molar-refractivity contribution in [3.63, 3.8) is 0 Å². The van der Waals surface area contributed by atoms with Crippen LogP contribution in [0.1, 0.15) is 35.1 Å². The zero-order valence-electron chi connectivity index (χ0n) is 10.2. The van der Waals surface area contributed by atoms with Crippen LogP contribution in [-0.4, -0.2) is 41.1 Å². The predicted molar refractivity (Wildman–Crippen MR) is 68.5 cm³/mol. The first-order chi connectivity index (χ1) is 7.74. The second-order valence-electron chi connectivity index (χ2n) is 4.18. The van der Waals surface area contributed by atoms with E-state index < -0.39 is 0 Å². The third-order valence-electron chi connectivity index (χ3n) is 2.91. The van der Waals surface area contributed by atoms with Gasteiger partial charge in [-0.3, -0.25) is 9.89 Å². The summed E-state index contributed by atoms with van der Waals surface area (Å²) < 4.78 is 0. The quantitative estimate of drug-likeness (QED) is 0.849. The van der Waals surface area contributed by atoms with E-state index >= 15 is 0 Å². The number of nitrogens with one attached hydrogen (secondary N) is 2. The lowest BCUT2D eigenvalue weighted by Gasteiger charge is -2.17. The number of hydrogen-bond donors (Lipinski definition) is 2. The summed E-state index contributed by atoms with van der Waals surface area (Å²) in [6, 6.07) is 0. The lowest BCUT2D eigenvalue weighted by molar-refractivity contribution is 0.0788.